The van der Waals surface area contributed by atoms with E-state index in [2.05, 4.69) is 20.6 Å². The van der Waals surface area contributed by atoms with Crippen LogP contribution in [-0.2, 0) is 14.3 Å². The number of aliphatic hydroxyl groups is 1. The van der Waals surface area contributed by atoms with Gasteiger partial charge in [-0.25, -0.2) is 14.8 Å². The molecule has 1 fully saturated rings. The smallest absolute Gasteiger partial charge is 0.409 e. The predicted octanol–water partition coefficient (Wildman–Crippen LogP) is 1.20. The topological polar surface area (TPSA) is 174 Å². The van der Waals surface area contributed by atoms with Crippen LogP contribution in [0.3, 0.4) is 0 Å². The van der Waals surface area contributed by atoms with E-state index in [9.17, 15) is 29.4 Å². The summed E-state index contributed by atoms with van der Waals surface area (Å²) in [7, 11) is 0. The number of anilines is 1. The number of carbonyl (C=O) groups is 4. The molecule has 13 heteroatoms. The van der Waals surface area contributed by atoms with Gasteiger partial charge in [-0.2, -0.15) is 0 Å². The maximum atomic E-state index is 13.3. The molecule has 1 aromatic heterocycles. The molecule has 0 radical (unpaired) electrons. The normalized spacial score (nSPS) is 14.7. The molecule has 1 aliphatic rings. The van der Waals surface area contributed by atoms with Gasteiger partial charge in [0.05, 0.1) is 13.2 Å². The average Bonchev–Trinajstić information content (AvgIpc) is 2.95. The number of nitrogens with one attached hydrogen (secondary N) is 2. The standard InChI is InChI=1S/C26H34N6O7/c1-3-39-26(38)32-13-11-31(12-14-32)25(37)19(9-10-22(34)35)29-24(36)20-15-21(27-17(2)16-33)30-23(28-20)18-7-5-4-6-8-18/h4-8,15,17,19,33H,3,9-14,16H2,1-2H3,(H,29,36)(H,34,35)(H,27,28,30)/t17-,19?/m1/s1. The summed E-state index contributed by atoms with van der Waals surface area (Å²) in [6, 6.07) is 8.94. The van der Waals surface area contributed by atoms with E-state index in [4.69, 9.17) is 4.74 Å². The van der Waals surface area contributed by atoms with E-state index in [0.29, 0.717) is 11.4 Å². The van der Waals surface area contributed by atoms with Crippen molar-refractivity contribution in [1.82, 2.24) is 25.1 Å². The SMILES string of the molecule is CCOC(=O)N1CCN(C(=O)C(CCC(=O)O)NC(=O)c2cc(N[C@H](C)CO)nc(-c3ccccc3)n2)CC1. The molecule has 1 unspecified atom stereocenters. The highest BCUT2D eigenvalue weighted by Gasteiger charge is 2.31. The number of carboxylic acid groups (broad SMARTS) is 1. The highest BCUT2D eigenvalue weighted by molar-refractivity contribution is 5.97. The molecule has 3 amide bonds. The van der Waals surface area contributed by atoms with Crippen molar-refractivity contribution in [3.63, 3.8) is 0 Å². The molecular formula is C26H34N6O7. The van der Waals surface area contributed by atoms with Crippen LogP contribution < -0.4 is 10.6 Å². The first-order valence-corrected chi connectivity index (χ1v) is 12.8. The molecule has 3 rings (SSSR count). The Morgan fingerprint density at radius 3 is 2.33 bits per heavy atom. The van der Waals surface area contributed by atoms with Gasteiger partial charge in [0.2, 0.25) is 5.91 Å². The van der Waals surface area contributed by atoms with Gasteiger partial charge < -0.3 is 35.4 Å². The van der Waals surface area contributed by atoms with E-state index in [1.165, 1.54) is 15.9 Å². The van der Waals surface area contributed by atoms with E-state index in [0.717, 1.165) is 0 Å². The van der Waals surface area contributed by atoms with Crippen LogP contribution in [0.5, 0.6) is 0 Å². The third-order valence-corrected chi connectivity index (χ3v) is 6.03. The number of ether oxygens (including phenoxy) is 1. The lowest BCUT2D eigenvalue weighted by Crippen LogP contribution is -2.56. The van der Waals surface area contributed by atoms with Crippen molar-refractivity contribution in [2.24, 2.45) is 0 Å². The fourth-order valence-corrected chi connectivity index (χ4v) is 3.95. The molecule has 2 aromatic rings. The second-order valence-corrected chi connectivity index (χ2v) is 9.03. The van der Waals surface area contributed by atoms with Crippen LogP contribution in [0.4, 0.5) is 10.6 Å². The molecule has 1 aliphatic heterocycles. The second-order valence-electron chi connectivity index (χ2n) is 9.03. The molecule has 0 aliphatic carbocycles. The molecule has 1 aromatic carbocycles. The highest BCUT2D eigenvalue weighted by atomic mass is 16.6. The molecule has 13 nitrogen and oxygen atoms in total. The van der Waals surface area contributed by atoms with Crippen molar-refractivity contribution in [2.75, 3.05) is 44.7 Å². The van der Waals surface area contributed by atoms with Crippen LogP contribution in [0.15, 0.2) is 36.4 Å². The van der Waals surface area contributed by atoms with Crippen LogP contribution in [-0.4, -0.2) is 105 Å². The number of hydrogen-bond acceptors (Lipinski definition) is 9. The lowest BCUT2D eigenvalue weighted by atomic mass is 10.1. The third-order valence-electron chi connectivity index (χ3n) is 6.03. The minimum Gasteiger partial charge on any atom is -0.481 e. The van der Waals surface area contributed by atoms with Crippen molar-refractivity contribution in [3.8, 4) is 11.4 Å². The summed E-state index contributed by atoms with van der Waals surface area (Å²) in [6.07, 6.45) is -0.918. The lowest BCUT2D eigenvalue weighted by molar-refractivity contribution is -0.138. The van der Waals surface area contributed by atoms with Gasteiger partial charge in [-0.3, -0.25) is 14.4 Å². The molecule has 1 saturated heterocycles. The first kappa shape index (κ1) is 29.3. The zero-order chi connectivity index (χ0) is 28.4. The van der Waals surface area contributed by atoms with E-state index in [-0.39, 0.29) is 69.8 Å². The Kier molecular flexibility index (Phi) is 10.6. The van der Waals surface area contributed by atoms with Gasteiger partial charge in [0.25, 0.3) is 5.91 Å². The minimum absolute atomic E-state index is 0.0308. The van der Waals surface area contributed by atoms with Crippen molar-refractivity contribution < 1.29 is 34.1 Å². The Balaban J connectivity index is 1.81. The minimum atomic E-state index is -1.12. The summed E-state index contributed by atoms with van der Waals surface area (Å²) in [6.45, 7) is 4.48. The van der Waals surface area contributed by atoms with E-state index >= 15 is 0 Å². The van der Waals surface area contributed by atoms with Gasteiger partial charge in [-0.1, -0.05) is 30.3 Å². The highest BCUT2D eigenvalue weighted by Crippen LogP contribution is 2.19. The number of hydrogen-bond donors (Lipinski definition) is 4. The van der Waals surface area contributed by atoms with Gasteiger partial charge in [0, 0.05) is 50.3 Å². The van der Waals surface area contributed by atoms with Gasteiger partial charge in [0.1, 0.15) is 17.6 Å². The number of rotatable bonds is 11. The summed E-state index contributed by atoms with van der Waals surface area (Å²) in [4.78, 5) is 61.7. The second kappa shape index (κ2) is 14.0. The van der Waals surface area contributed by atoms with Crippen LogP contribution in [0, 0.1) is 0 Å². The number of benzene rings is 1. The number of piperazine rings is 1. The number of nitrogens with zero attached hydrogens (tertiary/aromatic N) is 4. The van der Waals surface area contributed by atoms with E-state index in [1.807, 2.05) is 6.07 Å². The first-order valence-electron chi connectivity index (χ1n) is 12.8. The Hall–Kier alpha value is -4.26. The summed E-state index contributed by atoms with van der Waals surface area (Å²) >= 11 is 0. The van der Waals surface area contributed by atoms with Gasteiger partial charge in [-0.05, 0) is 20.3 Å². The monoisotopic (exact) mass is 542 g/mol. The molecule has 4 N–H and O–H groups in total. The quantitative estimate of drug-likeness (QED) is 0.323. The molecule has 2 atom stereocenters. The maximum Gasteiger partial charge on any atom is 0.409 e. The van der Waals surface area contributed by atoms with E-state index < -0.39 is 29.9 Å². The van der Waals surface area contributed by atoms with Crippen LogP contribution in [0.25, 0.3) is 11.4 Å². The van der Waals surface area contributed by atoms with Crippen molar-refractivity contribution in [1.29, 1.82) is 0 Å². The Bertz CT molecular complexity index is 1150. The number of aliphatic hydroxyl groups excluding tert-OH is 1. The summed E-state index contributed by atoms with van der Waals surface area (Å²) < 4.78 is 5.00. The molecule has 0 bridgehead atoms. The molecule has 210 valence electrons. The largest absolute Gasteiger partial charge is 0.481 e. The van der Waals surface area contributed by atoms with Crippen LogP contribution in [0.2, 0.25) is 0 Å². The number of aliphatic carboxylic acids is 1. The van der Waals surface area contributed by atoms with Gasteiger partial charge >= 0.3 is 12.1 Å². The molecule has 0 spiro atoms. The number of aromatic nitrogens is 2. The van der Waals surface area contributed by atoms with E-state index in [1.54, 1.807) is 38.1 Å². The third kappa shape index (κ3) is 8.37. The first-order chi connectivity index (χ1) is 18.7. The van der Waals surface area contributed by atoms with Crippen molar-refractivity contribution in [3.05, 3.63) is 42.1 Å². The Morgan fingerprint density at radius 1 is 1.05 bits per heavy atom. The summed E-state index contributed by atoms with van der Waals surface area (Å²) in [5, 5.41) is 24.3. The van der Waals surface area contributed by atoms with Gasteiger partial charge in [0.15, 0.2) is 5.82 Å². The molecular weight excluding hydrogens is 508 g/mol. The fraction of sp³-hybridized carbons (Fsp3) is 0.462. The maximum absolute atomic E-state index is 13.3. The Morgan fingerprint density at radius 2 is 1.72 bits per heavy atom. The predicted molar refractivity (Wildman–Crippen MR) is 141 cm³/mol. The number of carbonyl (C=O) groups excluding carboxylic acids is 3. The fourth-order valence-electron chi connectivity index (χ4n) is 3.95. The zero-order valence-corrected chi connectivity index (χ0v) is 22.0. The lowest BCUT2D eigenvalue weighted by Gasteiger charge is -2.35. The molecule has 39 heavy (non-hydrogen) atoms. The summed E-state index contributed by atoms with van der Waals surface area (Å²) in [5.74, 6) is -1.66. The number of amides is 3. The van der Waals surface area contributed by atoms with Crippen LogP contribution in [0.1, 0.15) is 37.2 Å². The Labute approximate surface area is 226 Å². The molecule has 2 heterocycles. The average molecular weight is 543 g/mol. The zero-order valence-electron chi connectivity index (χ0n) is 22.0. The van der Waals surface area contributed by atoms with Crippen molar-refractivity contribution >= 4 is 29.7 Å². The van der Waals surface area contributed by atoms with Crippen LogP contribution >= 0.6 is 0 Å². The van der Waals surface area contributed by atoms with Gasteiger partial charge in [-0.15, -0.1) is 0 Å². The number of carboxylic acids is 1. The molecule has 0 saturated carbocycles. The summed E-state index contributed by atoms with van der Waals surface area (Å²) in [5.41, 5.74) is 0.626. The van der Waals surface area contributed by atoms with Crippen molar-refractivity contribution in [2.45, 2.75) is 38.8 Å².